The van der Waals surface area contributed by atoms with Crippen molar-refractivity contribution >= 4 is 12.1 Å². The largest absolute Gasteiger partial charge is 0.479 e. The van der Waals surface area contributed by atoms with Gasteiger partial charge in [-0.3, -0.25) is 0 Å². The maximum absolute atomic E-state index is 11.4. The molecule has 1 amide bonds. The molecule has 1 fully saturated rings. The maximum atomic E-state index is 11.4. The predicted octanol–water partition coefficient (Wildman–Crippen LogP) is 1.14. The molecule has 1 aliphatic heterocycles. The van der Waals surface area contributed by atoms with Gasteiger partial charge < -0.3 is 19.9 Å². The standard InChI is InChI=1S/C11H19NO5/c1-11(2,3)17-10(15)12-7-4-5-8(9(13)14)16-6-7/h7-8H,4-6H2,1-3H3,(H,12,15)(H,13,14)/t7?,8-/m1/s1. The van der Waals surface area contributed by atoms with Crippen molar-refractivity contribution in [2.75, 3.05) is 6.61 Å². The van der Waals surface area contributed by atoms with Crippen LogP contribution in [0.1, 0.15) is 33.6 Å². The lowest BCUT2D eigenvalue weighted by molar-refractivity contribution is -0.153. The number of ether oxygens (including phenoxy) is 2. The number of carbonyl (C=O) groups excluding carboxylic acids is 1. The van der Waals surface area contributed by atoms with Crippen molar-refractivity contribution in [2.24, 2.45) is 0 Å². The maximum Gasteiger partial charge on any atom is 0.407 e. The van der Waals surface area contributed by atoms with Gasteiger partial charge in [0.1, 0.15) is 5.60 Å². The number of carbonyl (C=O) groups is 2. The molecule has 0 radical (unpaired) electrons. The van der Waals surface area contributed by atoms with Crippen LogP contribution in [0.3, 0.4) is 0 Å². The van der Waals surface area contributed by atoms with Gasteiger partial charge in [-0.15, -0.1) is 0 Å². The summed E-state index contributed by atoms with van der Waals surface area (Å²) in [4.78, 5) is 22.1. The fraction of sp³-hybridized carbons (Fsp3) is 0.818. The molecule has 0 aromatic rings. The Morgan fingerprint density at radius 2 is 2.00 bits per heavy atom. The summed E-state index contributed by atoms with van der Waals surface area (Å²) in [7, 11) is 0. The molecule has 0 aromatic heterocycles. The highest BCUT2D eigenvalue weighted by molar-refractivity contribution is 5.72. The molecule has 1 aliphatic rings. The van der Waals surface area contributed by atoms with E-state index in [1.165, 1.54) is 0 Å². The first-order valence-electron chi connectivity index (χ1n) is 5.62. The number of carboxylic acids is 1. The summed E-state index contributed by atoms with van der Waals surface area (Å²) >= 11 is 0. The number of aliphatic carboxylic acids is 1. The minimum Gasteiger partial charge on any atom is -0.479 e. The summed E-state index contributed by atoms with van der Waals surface area (Å²) in [5, 5.41) is 11.4. The van der Waals surface area contributed by atoms with Crippen molar-refractivity contribution in [1.82, 2.24) is 5.32 Å². The molecular weight excluding hydrogens is 226 g/mol. The Morgan fingerprint density at radius 1 is 1.35 bits per heavy atom. The van der Waals surface area contributed by atoms with Crippen LogP contribution in [0.4, 0.5) is 4.79 Å². The van der Waals surface area contributed by atoms with E-state index in [1.54, 1.807) is 20.8 Å². The number of carboxylic acid groups (broad SMARTS) is 1. The Bertz CT molecular complexity index is 289. The zero-order valence-electron chi connectivity index (χ0n) is 10.4. The molecule has 0 aromatic carbocycles. The molecule has 1 rings (SSSR count). The highest BCUT2D eigenvalue weighted by Crippen LogP contribution is 2.14. The van der Waals surface area contributed by atoms with Gasteiger partial charge in [-0.1, -0.05) is 0 Å². The lowest BCUT2D eigenvalue weighted by Gasteiger charge is -2.28. The number of rotatable bonds is 2. The van der Waals surface area contributed by atoms with Gasteiger partial charge in [-0.05, 0) is 33.6 Å². The molecule has 98 valence electrons. The second-order valence-electron chi connectivity index (χ2n) is 5.08. The first-order valence-corrected chi connectivity index (χ1v) is 5.62. The number of hydrogen-bond donors (Lipinski definition) is 2. The third kappa shape index (κ3) is 5.04. The minimum absolute atomic E-state index is 0.180. The number of nitrogens with one attached hydrogen (secondary N) is 1. The summed E-state index contributed by atoms with van der Waals surface area (Å²) < 4.78 is 10.2. The van der Waals surface area contributed by atoms with Crippen molar-refractivity contribution in [3.05, 3.63) is 0 Å². The van der Waals surface area contributed by atoms with Gasteiger partial charge in [0, 0.05) is 0 Å². The van der Waals surface area contributed by atoms with Gasteiger partial charge in [0.05, 0.1) is 12.6 Å². The molecule has 6 heteroatoms. The van der Waals surface area contributed by atoms with Crippen LogP contribution >= 0.6 is 0 Å². The van der Waals surface area contributed by atoms with Crippen LogP contribution in [0.5, 0.6) is 0 Å². The van der Waals surface area contributed by atoms with Gasteiger partial charge in [0.25, 0.3) is 0 Å². The van der Waals surface area contributed by atoms with Crippen LogP contribution in [0.25, 0.3) is 0 Å². The Balaban J connectivity index is 2.31. The molecule has 0 spiro atoms. The smallest absolute Gasteiger partial charge is 0.407 e. The molecule has 2 N–H and O–H groups in total. The van der Waals surface area contributed by atoms with E-state index in [9.17, 15) is 9.59 Å². The van der Waals surface area contributed by atoms with Crippen molar-refractivity contribution in [1.29, 1.82) is 0 Å². The van der Waals surface area contributed by atoms with E-state index in [4.69, 9.17) is 14.6 Å². The van der Waals surface area contributed by atoms with Crippen LogP contribution < -0.4 is 5.32 Å². The molecule has 1 unspecified atom stereocenters. The van der Waals surface area contributed by atoms with E-state index < -0.39 is 23.8 Å². The first kappa shape index (κ1) is 13.8. The normalized spacial score (nSPS) is 25.1. The first-order chi connectivity index (χ1) is 7.78. The molecule has 2 atom stereocenters. The zero-order chi connectivity index (χ0) is 13.1. The van der Waals surface area contributed by atoms with Crippen LogP contribution in [-0.2, 0) is 14.3 Å². The number of alkyl carbamates (subject to hydrolysis) is 1. The molecule has 0 bridgehead atoms. The lowest BCUT2D eigenvalue weighted by atomic mass is 10.1. The zero-order valence-corrected chi connectivity index (χ0v) is 10.4. The van der Waals surface area contributed by atoms with E-state index in [0.717, 1.165) is 0 Å². The second-order valence-corrected chi connectivity index (χ2v) is 5.08. The Kier molecular flexibility index (Phi) is 4.34. The molecule has 0 aliphatic carbocycles. The van der Waals surface area contributed by atoms with Crippen LogP contribution in [0.15, 0.2) is 0 Å². The van der Waals surface area contributed by atoms with Crippen LogP contribution in [0.2, 0.25) is 0 Å². The Hall–Kier alpha value is -1.30. The van der Waals surface area contributed by atoms with E-state index in [-0.39, 0.29) is 12.6 Å². The number of hydrogen-bond acceptors (Lipinski definition) is 4. The van der Waals surface area contributed by atoms with E-state index in [2.05, 4.69) is 5.32 Å². The van der Waals surface area contributed by atoms with Crippen molar-refractivity contribution in [3.63, 3.8) is 0 Å². The third-order valence-corrected chi connectivity index (χ3v) is 2.27. The molecule has 1 heterocycles. The second kappa shape index (κ2) is 5.35. The molecule has 1 saturated heterocycles. The third-order valence-electron chi connectivity index (χ3n) is 2.27. The van der Waals surface area contributed by atoms with Gasteiger partial charge in [-0.25, -0.2) is 9.59 Å². The van der Waals surface area contributed by atoms with Gasteiger partial charge in [0.15, 0.2) is 6.10 Å². The van der Waals surface area contributed by atoms with Crippen molar-refractivity contribution in [3.8, 4) is 0 Å². The van der Waals surface area contributed by atoms with Crippen LogP contribution in [0, 0.1) is 0 Å². The molecule has 0 saturated carbocycles. The van der Waals surface area contributed by atoms with E-state index >= 15 is 0 Å². The highest BCUT2D eigenvalue weighted by Gasteiger charge is 2.28. The summed E-state index contributed by atoms with van der Waals surface area (Å²) in [5.41, 5.74) is -0.538. The summed E-state index contributed by atoms with van der Waals surface area (Å²) in [6, 6.07) is -0.180. The van der Waals surface area contributed by atoms with Gasteiger partial charge in [0.2, 0.25) is 0 Å². The average Bonchev–Trinajstić information content (AvgIpc) is 2.15. The fourth-order valence-electron chi connectivity index (χ4n) is 1.53. The van der Waals surface area contributed by atoms with Crippen molar-refractivity contribution < 1.29 is 24.2 Å². The summed E-state index contributed by atoms with van der Waals surface area (Å²) in [6.45, 7) is 5.55. The minimum atomic E-state index is -0.958. The fourth-order valence-corrected chi connectivity index (χ4v) is 1.53. The van der Waals surface area contributed by atoms with E-state index in [0.29, 0.717) is 12.8 Å². The molecular formula is C11H19NO5. The quantitative estimate of drug-likeness (QED) is 0.762. The number of amides is 1. The Labute approximate surface area is 100 Å². The van der Waals surface area contributed by atoms with Crippen LogP contribution in [-0.4, -0.2) is 41.5 Å². The van der Waals surface area contributed by atoms with Gasteiger partial charge >= 0.3 is 12.1 Å². The Morgan fingerprint density at radius 3 is 2.41 bits per heavy atom. The van der Waals surface area contributed by atoms with E-state index in [1.807, 2.05) is 0 Å². The monoisotopic (exact) mass is 245 g/mol. The summed E-state index contributed by atoms with van der Waals surface area (Å²) in [6.07, 6.45) is -0.280. The highest BCUT2D eigenvalue weighted by atomic mass is 16.6. The lowest BCUT2D eigenvalue weighted by Crippen LogP contribution is -2.46. The predicted molar refractivity (Wildman–Crippen MR) is 59.8 cm³/mol. The molecule has 17 heavy (non-hydrogen) atoms. The van der Waals surface area contributed by atoms with Gasteiger partial charge in [-0.2, -0.15) is 0 Å². The molecule has 6 nitrogen and oxygen atoms in total. The summed E-state index contributed by atoms with van der Waals surface area (Å²) in [5.74, 6) is -0.958. The average molecular weight is 245 g/mol. The SMILES string of the molecule is CC(C)(C)OC(=O)NC1CC[C@H](C(=O)O)OC1. The van der Waals surface area contributed by atoms with Crippen molar-refractivity contribution in [2.45, 2.75) is 51.4 Å². The topological polar surface area (TPSA) is 84.9 Å².